The fraction of sp³-hybridized carbons (Fsp3) is 0.588. The maximum atomic E-state index is 12.6. The van der Waals surface area contributed by atoms with Gasteiger partial charge in [-0.25, -0.2) is 0 Å². The van der Waals surface area contributed by atoms with Gasteiger partial charge >= 0.3 is 6.18 Å². The van der Waals surface area contributed by atoms with Crippen molar-refractivity contribution in [1.82, 2.24) is 9.80 Å². The van der Waals surface area contributed by atoms with Gasteiger partial charge in [0, 0.05) is 37.8 Å². The van der Waals surface area contributed by atoms with Crippen LogP contribution in [0.5, 0.6) is 0 Å². The third-order valence-corrected chi connectivity index (χ3v) is 4.97. The van der Waals surface area contributed by atoms with E-state index in [-0.39, 0.29) is 23.6 Å². The third-order valence-electron chi connectivity index (χ3n) is 4.97. The Morgan fingerprint density at radius 3 is 2.17 bits per heavy atom. The second-order valence-electron chi connectivity index (χ2n) is 6.47. The molecule has 0 bridgehead atoms. The molecule has 1 saturated heterocycles. The van der Waals surface area contributed by atoms with E-state index in [4.69, 9.17) is 0 Å². The van der Waals surface area contributed by atoms with Crippen LogP contribution in [0.15, 0.2) is 24.3 Å². The van der Waals surface area contributed by atoms with Crippen molar-refractivity contribution < 1.29 is 23.1 Å². The number of aliphatic hydroxyl groups is 1. The maximum Gasteiger partial charge on any atom is 0.416 e. The molecule has 4 nitrogen and oxygen atoms in total. The third kappa shape index (κ3) is 3.57. The van der Waals surface area contributed by atoms with Crippen LogP contribution in [0.3, 0.4) is 0 Å². The van der Waals surface area contributed by atoms with Crippen LogP contribution in [0.1, 0.15) is 35.2 Å². The van der Waals surface area contributed by atoms with Gasteiger partial charge in [0.25, 0.3) is 5.91 Å². The second-order valence-corrected chi connectivity index (χ2v) is 6.47. The lowest BCUT2D eigenvalue weighted by atomic mass is 10.1. The van der Waals surface area contributed by atoms with E-state index in [1.165, 1.54) is 12.1 Å². The molecule has 2 fully saturated rings. The number of carbonyl (C=O) groups excluding carboxylic acids is 1. The smallest absolute Gasteiger partial charge is 0.391 e. The summed E-state index contributed by atoms with van der Waals surface area (Å²) >= 11 is 0. The van der Waals surface area contributed by atoms with Gasteiger partial charge in [0.05, 0.1) is 11.7 Å². The minimum atomic E-state index is -4.39. The van der Waals surface area contributed by atoms with Crippen molar-refractivity contribution in [3.8, 4) is 0 Å². The zero-order valence-corrected chi connectivity index (χ0v) is 13.3. The number of carbonyl (C=O) groups is 1. The molecule has 3 rings (SSSR count). The molecule has 1 aromatic carbocycles. The summed E-state index contributed by atoms with van der Waals surface area (Å²) in [5, 5.41) is 9.97. The van der Waals surface area contributed by atoms with Crippen molar-refractivity contribution >= 4 is 5.91 Å². The van der Waals surface area contributed by atoms with Gasteiger partial charge in [-0.3, -0.25) is 9.69 Å². The highest BCUT2D eigenvalue weighted by Gasteiger charge is 2.34. The summed E-state index contributed by atoms with van der Waals surface area (Å²) in [5.41, 5.74) is -0.476. The SMILES string of the molecule is O=C(c1ccc(C(F)(F)F)cc1)N1CCN([C@@H]2CCC[C@H]2O)CC1. The van der Waals surface area contributed by atoms with Crippen molar-refractivity contribution in [2.24, 2.45) is 0 Å². The predicted molar refractivity (Wildman–Crippen MR) is 82.6 cm³/mol. The second kappa shape index (κ2) is 6.72. The molecular weight excluding hydrogens is 321 g/mol. The molecule has 24 heavy (non-hydrogen) atoms. The maximum absolute atomic E-state index is 12.6. The summed E-state index contributed by atoms with van der Waals surface area (Å²) in [6.07, 6.45) is -1.85. The zero-order chi connectivity index (χ0) is 17.3. The monoisotopic (exact) mass is 342 g/mol. The first-order valence-corrected chi connectivity index (χ1v) is 8.25. The van der Waals surface area contributed by atoms with E-state index < -0.39 is 11.7 Å². The van der Waals surface area contributed by atoms with Crippen LogP contribution < -0.4 is 0 Å². The first kappa shape index (κ1) is 17.2. The largest absolute Gasteiger partial charge is 0.416 e. The van der Waals surface area contributed by atoms with E-state index in [1.807, 2.05) is 0 Å². The molecule has 1 aromatic rings. The predicted octanol–water partition coefficient (Wildman–Crippen LogP) is 2.38. The van der Waals surface area contributed by atoms with Gasteiger partial charge in [-0.1, -0.05) is 0 Å². The van der Waals surface area contributed by atoms with Gasteiger partial charge in [-0.05, 0) is 43.5 Å². The van der Waals surface area contributed by atoms with Gasteiger partial charge < -0.3 is 10.0 Å². The normalized spacial score (nSPS) is 25.9. The molecule has 132 valence electrons. The summed E-state index contributed by atoms with van der Waals surface area (Å²) in [6.45, 7) is 2.44. The van der Waals surface area contributed by atoms with Crippen LogP contribution in [-0.2, 0) is 6.18 Å². The minimum absolute atomic E-state index is 0.174. The molecule has 7 heteroatoms. The molecule has 1 N–H and O–H groups in total. The number of aliphatic hydroxyl groups excluding tert-OH is 1. The summed E-state index contributed by atoms with van der Waals surface area (Å²) in [4.78, 5) is 16.3. The molecule has 0 spiro atoms. The topological polar surface area (TPSA) is 43.8 Å². The fourth-order valence-corrected chi connectivity index (χ4v) is 3.59. The molecule has 0 aromatic heterocycles. The number of rotatable bonds is 2. The highest BCUT2D eigenvalue weighted by atomic mass is 19.4. The number of amides is 1. The van der Waals surface area contributed by atoms with Crippen LogP contribution in [0.4, 0.5) is 13.2 Å². The van der Waals surface area contributed by atoms with Crippen LogP contribution in [0.25, 0.3) is 0 Å². The summed E-state index contributed by atoms with van der Waals surface area (Å²) < 4.78 is 37.7. The Bertz CT molecular complexity index is 580. The van der Waals surface area contributed by atoms with Gasteiger partial charge in [-0.2, -0.15) is 13.2 Å². The van der Waals surface area contributed by atoms with E-state index in [0.29, 0.717) is 26.2 Å². The van der Waals surface area contributed by atoms with E-state index in [1.54, 1.807) is 4.90 Å². The lowest BCUT2D eigenvalue weighted by Crippen LogP contribution is -2.53. The number of alkyl halides is 3. The van der Waals surface area contributed by atoms with Crippen molar-refractivity contribution in [3.05, 3.63) is 35.4 Å². The van der Waals surface area contributed by atoms with Crippen LogP contribution in [0.2, 0.25) is 0 Å². The molecule has 0 unspecified atom stereocenters. The van der Waals surface area contributed by atoms with Gasteiger partial charge in [0.15, 0.2) is 0 Å². The molecule has 2 atom stereocenters. The lowest BCUT2D eigenvalue weighted by molar-refractivity contribution is -0.137. The Morgan fingerprint density at radius 1 is 1.04 bits per heavy atom. The standard InChI is InChI=1S/C17H21F3N2O2/c18-17(19,20)13-6-4-12(5-7-13)16(24)22-10-8-21(9-11-22)14-2-1-3-15(14)23/h4-7,14-15,23H,1-3,8-11H2/t14-,15-/m1/s1. The van der Waals surface area contributed by atoms with Crippen molar-refractivity contribution in [2.45, 2.75) is 37.6 Å². The van der Waals surface area contributed by atoms with Crippen LogP contribution in [-0.4, -0.2) is 59.1 Å². The Balaban J connectivity index is 1.59. The highest BCUT2D eigenvalue weighted by Crippen LogP contribution is 2.29. The Hall–Kier alpha value is -1.60. The van der Waals surface area contributed by atoms with E-state index in [0.717, 1.165) is 31.4 Å². The Kier molecular flexibility index (Phi) is 4.83. The number of halogens is 3. The molecular formula is C17H21F3N2O2. The Labute approximate surface area is 138 Å². The first-order valence-electron chi connectivity index (χ1n) is 8.25. The number of piperazine rings is 1. The van der Waals surface area contributed by atoms with E-state index in [9.17, 15) is 23.1 Å². The van der Waals surface area contributed by atoms with E-state index in [2.05, 4.69) is 4.90 Å². The number of benzene rings is 1. The molecule has 1 aliphatic carbocycles. The van der Waals surface area contributed by atoms with Crippen LogP contribution in [0, 0.1) is 0 Å². The highest BCUT2D eigenvalue weighted by molar-refractivity contribution is 5.94. The van der Waals surface area contributed by atoms with Crippen molar-refractivity contribution in [3.63, 3.8) is 0 Å². The summed E-state index contributed by atoms with van der Waals surface area (Å²) in [7, 11) is 0. The average Bonchev–Trinajstić information content (AvgIpc) is 3.00. The molecule has 1 saturated carbocycles. The minimum Gasteiger partial charge on any atom is -0.391 e. The number of hydrogen-bond acceptors (Lipinski definition) is 3. The first-order chi connectivity index (χ1) is 11.4. The van der Waals surface area contributed by atoms with Crippen molar-refractivity contribution in [2.75, 3.05) is 26.2 Å². The molecule has 1 aliphatic heterocycles. The lowest BCUT2D eigenvalue weighted by Gasteiger charge is -2.39. The van der Waals surface area contributed by atoms with Gasteiger partial charge in [0.2, 0.25) is 0 Å². The molecule has 0 radical (unpaired) electrons. The van der Waals surface area contributed by atoms with Gasteiger partial charge in [0.1, 0.15) is 0 Å². The number of hydrogen-bond donors (Lipinski definition) is 1. The van der Waals surface area contributed by atoms with Crippen LogP contribution >= 0.6 is 0 Å². The molecule has 2 aliphatic rings. The quantitative estimate of drug-likeness (QED) is 0.897. The van der Waals surface area contributed by atoms with E-state index >= 15 is 0 Å². The van der Waals surface area contributed by atoms with Crippen molar-refractivity contribution in [1.29, 1.82) is 0 Å². The molecule has 1 amide bonds. The van der Waals surface area contributed by atoms with Gasteiger partial charge in [-0.15, -0.1) is 0 Å². The summed E-state index contributed by atoms with van der Waals surface area (Å²) in [6, 6.07) is 4.53. The fourth-order valence-electron chi connectivity index (χ4n) is 3.59. The zero-order valence-electron chi connectivity index (χ0n) is 13.3. The Morgan fingerprint density at radius 2 is 1.67 bits per heavy atom. The average molecular weight is 342 g/mol. The number of nitrogens with zero attached hydrogens (tertiary/aromatic N) is 2. The summed E-state index contributed by atoms with van der Waals surface area (Å²) in [5.74, 6) is -0.240. The molecule has 1 heterocycles.